The fourth-order valence-electron chi connectivity index (χ4n) is 1.77. The topological polar surface area (TPSA) is 89.3 Å². The van der Waals surface area contributed by atoms with Crippen molar-refractivity contribution in [2.24, 2.45) is 5.92 Å². The molecule has 0 aliphatic heterocycles. The minimum atomic E-state index is -3.46. The van der Waals surface area contributed by atoms with E-state index in [1.807, 2.05) is 13.8 Å². The lowest BCUT2D eigenvalue weighted by Gasteiger charge is -2.17. The Morgan fingerprint density at radius 3 is 2.40 bits per heavy atom. The van der Waals surface area contributed by atoms with Crippen LogP contribution in [-0.4, -0.2) is 25.3 Å². The maximum absolute atomic E-state index is 12.1. The smallest absolute Gasteiger partial charge is 0.239 e. The molecule has 20 heavy (non-hydrogen) atoms. The Kier molecular flexibility index (Phi) is 5.16. The molecular weight excluding hydrogens is 276 g/mol. The van der Waals surface area contributed by atoms with Gasteiger partial charge in [0, 0.05) is 0 Å². The minimum Gasteiger partial charge on any atom is -0.397 e. The van der Waals surface area contributed by atoms with Crippen LogP contribution in [0.4, 0.5) is 11.4 Å². The van der Waals surface area contributed by atoms with Crippen LogP contribution in [0.25, 0.3) is 0 Å². The Morgan fingerprint density at radius 2 is 1.90 bits per heavy atom. The first-order chi connectivity index (χ1) is 9.15. The van der Waals surface area contributed by atoms with Crippen LogP contribution in [0.15, 0.2) is 18.2 Å². The van der Waals surface area contributed by atoms with Crippen LogP contribution in [0.5, 0.6) is 0 Å². The van der Waals surface area contributed by atoms with E-state index < -0.39 is 26.7 Å². The lowest BCUT2D eigenvalue weighted by Crippen LogP contribution is -2.32. The number of carbonyl (C=O) groups is 1. The highest BCUT2D eigenvalue weighted by atomic mass is 32.2. The van der Waals surface area contributed by atoms with Crippen molar-refractivity contribution in [3.05, 3.63) is 23.8 Å². The lowest BCUT2D eigenvalue weighted by molar-refractivity contribution is -0.113. The van der Waals surface area contributed by atoms with Crippen molar-refractivity contribution in [2.75, 3.05) is 16.8 Å². The Balaban J connectivity index is 2.84. The van der Waals surface area contributed by atoms with E-state index in [-0.39, 0.29) is 5.92 Å². The van der Waals surface area contributed by atoms with Crippen molar-refractivity contribution in [1.82, 2.24) is 0 Å². The molecule has 0 spiro atoms. The van der Waals surface area contributed by atoms with Gasteiger partial charge in [0.2, 0.25) is 5.91 Å². The fraction of sp³-hybridized carbons (Fsp3) is 0.500. The Morgan fingerprint density at radius 1 is 1.30 bits per heavy atom. The second-order valence-corrected chi connectivity index (χ2v) is 7.70. The molecule has 1 unspecified atom stereocenters. The summed E-state index contributed by atoms with van der Waals surface area (Å²) in [7, 11) is -3.46. The summed E-state index contributed by atoms with van der Waals surface area (Å²) >= 11 is 0. The third kappa shape index (κ3) is 3.96. The molecule has 0 aromatic heterocycles. The summed E-state index contributed by atoms with van der Waals surface area (Å²) in [5.41, 5.74) is 7.48. The highest BCUT2D eigenvalue weighted by Gasteiger charge is 2.27. The van der Waals surface area contributed by atoms with Gasteiger partial charge < -0.3 is 11.1 Å². The van der Waals surface area contributed by atoms with E-state index in [1.54, 1.807) is 32.0 Å². The number of aryl methyl sites for hydroxylation is 1. The zero-order valence-corrected chi connectivity index (χ0v) is 13.1. The summed E-state index contributed by atoms with van der Waals surface area (Å²) in [5.74, 6) is -1.12. The summed E-state index contributed by atoms with van der Waals surface area (Å²) in [6, 6.07) is 5.24. The number of hydrogen-bond acceptors (Lipinski definition) is 4. The van der Waals surface area contributed by atoms with E-state index in [4.69, 9.17) is 5.73 Å². The van der Waals surface area contributed by atoms with Gasteiger partial charge in [-0.25, -0.2) is 8.42 Å². The van der Waals surface area contributed by atoms with E-state index in [1.165, 1.54) is 0 Å². The quantitative estimate of drug-likeness (QED) is 0.813. The molecule has 0 heterocycles. The largest absolute Gasteiger partial charge is 0.397 e. The molecule has 0 bridgehead atoms. The molecule has 1 aromatic rings. The molecule has 1 atom stereocenters. The van der Waals surface area contributed by atoms with Gasteiger partial charge in [-0.3, -0.25) is 4.79 Å². The van der Waals surface area contributed by atoms with E-state index >= 15 is 0 Å². The van der Waals surface area contributed by atoms with E-state index in [0.717, 1.165) is 5.56 Å². The van der Waals surface area contributed by atoms with Crippen LogP contribution in [0.2, 0.25) is 0 Å². The lowest BCUT2D eigenvalue weighted by atomic mass is 10.1. The van der Waals surface area contributed by atoms with Crippen LogP contribution in [0, 0.1) is 12.8 Å². The van der Waals surface area contributed by atoms with Crippen molar-refractivity contribution in [3.8, 4) is 0 Å². The predicted molar refractivity (Wildman–Crippen MR) is 82.3 cm³/mol. The molecule has 0 radical (unpaired) electrons. The van der Waals surface area contributed by atoms with Gasteiger partial charge in [-0.2, -0.15) is 0 Å². The summed E-state index contributed by atoms with van der Waals surface area (Å²) in [5, 5.41) is 2.03. The van der Waals surface area contributed by atoms with Crippen molar-refractivity contribution in [1.29, 1.82) is 0 Å². The number of para-hydroxylation sites is 1. The molecule has 0 saturated heterocycles. The average Bonchev–Trinajstić information content (AvgIpc) is 2.32. The number of nitrogen functional groups attached to an aromatic ring is 1. The first kappa shape index (κ1) is 16.5. The third-order valence-corrected chi connectivity index (χ3v) is 5.75. The summed E-state index contributed by atoms with van der Waals surface area (Å²) in [4.78, 5) is 11.9. The molecule has 1 aromatic carbocycles. The van der Waals surface area contributed by atoms with E-state index in [9.17, 15) is 13.2 Å². The van der Waals surface area contributed by atoms with Gasteiger partial charge in [0.25, 0.3) is 0 Å². The van der Waals surface area contributed by atoms with Gasteiger partial charge in [0.15, 0.2) is 9.84 Å². The highest BCUT2D eigenvalue weighted by Crippen LogP contribution is 2.22. The van der Waals surface area contributed by atoms with Crippen molar-refractivity contribution in [3.63, 3.8) is 0 Å². The predicted octanol–water partition coefficient (Wildman–Crippen LogP) is 1.98. The Hall–Kier alpha value is -1.56. The zero-order chi connectivity index (χ0) is 15.5. The van der Waals surface area contributed by atoms with Crippen LogP contribution in [0.3, 0.4) is 0 Å². The number of rotatable bonds is 5. The number of sulfone groups is 1. The molecule has 0 fully saturated rings. The SMILES string of the molecule is Cc1cccc(N)c1NC(=O)CS(=O)(=O)C(C)C(C)C. The number of nitrogens with two attached hydrogens (primary N) is 1. The van der Waals surface area contributed by atoms with Crippen molar-refractivity contribution < 1.29 is 13.2 Å². The number of anilines is 2. The van der Waals surface area contributed by atoms with Gasteiger partial charge in [-0.15, -0.1) is 0 Å². The number of amides is 1. The number of hydrogen-bond donors (Lipinski definition) is 2. The molecule has 1 amide bonds. The molecular formula is C14H22N2O3S. The number of benzene rings is 1. The summed E-state index contributed by atoms with van der Waals surface area (Å²) in [6.07, 6.45) is 0. The monoisotopic (exact) mass is 298 g/mol. The highest BCUT2D eigenvalue weighted by molar-refractivity contribution is 7.92. The molecule has 6 heteroatoms. The third-order valence-electron chi connectivity index (χ3n) is 3.41. The van der Waals surface area contributed by atoms with Gasteiger partial charge in [-0.1, -0.05) is 26.0 Å². The Labute approximate surface area is 120 Å². The molecule has 0 aliphatic carbocycles. The van der Waals surface area contributed by atoms with Gasteiger partial charge >= 0.3 is 0 Å². The van der Waals surface area contributed by atoms with Gasteiger partial charge in [0.1, 0.15) is 5.75 Å². The van der Waals surface area contributed by atoms with Gasteiger partial charge in [-0.05, 0) is 31.4 Å². The van der Waals surface area contributed by atoms with Gasteiger partial charge in [0.05, 0.1) is 16.6 Å². The van der Waals surface area contributed by atoms with Crippen LogP contribution in [0.1, 0.15) is 26.3 Å². The summed E-state index contributed by atoms with van der Waals surface area (Å²) < 4.78 is 24.1. The van der Waals surface area contributed by atoms with Crippen molar-refractivity contribution in [2.45, 2.75) is 32.9 Å². The molecule has 0 aliphatic rings. The molecule has 112 valence electrons. The maximum Gasteiger partial charge on any atom is 0.239 e. The zero-order valence-electron chi connectivity index (χ0n) is 12.3. The minimum absolute atomic E-state index is 0.0312. The van der Waals surface area contributed by atoms with Crippen molar-refractivity contribution >= 4 is 27.1 Å². The van der Waals surface area contributed by atoms with Crippen LogP contribution < -0.4 is 11.1 Å². The number of nitrogens with one attached hydrogen (secondary N) is 1. The molecule has 1 rings (SSSR count). The maximum atomic E-state index is 12.1. The molecule has 3 N–H and O–H groups in total. The summed E-state index contributed by atoms with van der Waals surface area (Å²) in [6.45, 7) is 7.06. The first-order valence-corrected chi connectivity index (χ1v) is 8.23. The first-order valence-electron chi connectivity index (χ1n) is 6.51. The van der Waals surface area contributed by atoms with Crippen LogP contribution >= 0.6 is 0 Å². The molecule has 0 saturated carbocycles. The second-order valence-electron chi connectivity index (χ2n) is 5.34. The number of carbonyl (C=O) groups excluding carboxylic acids is 1. The normalized spacial score (nSPS) is 13.2. The molecule has 5 nitrogen and oxygen atoms in total. The Bertz CT molecular complexity index is 574. The van der Waals surface area contributed by atoms with Crippen LogP contribution in [-0.2, 0) is 14.6 Å². The standard InChI is InChI=1S/C14H22N2O3S/c1-9(2)11(4)20(18,19)8-13(17)16-14-10(3)6-5-7-12(14)15/h5-7,9,11H,8,15H2,1-4H3,(H,16,17). The van der Waals surface area contributed by atoms with E-state index in [0.29, 0.717) is 11.4 Å². The van der Waals surface area contributed by atoms with E-state index in [2.05, 4.69) is 5.32 Å². The average molecular weight is 298 g/mol. The second kappa shape index (κ2) is 6.26. The fourth-order valence-corrected chi connectivity index (χ4v) is 3.30.